The normalized spacial score (nSPS) is 9.64. The molecule has 1 aromatic carbocycles. The van der Waals surface area contributed by atoms with E-state index in [1.807, 2.05) is 0 Å². The van der Waals surface area contributed by atoms with Gasteiger partial charge < -0.3 is 0 Å². The summed E-state index contributed by atoms with van der Waals surface area (Å²) in [5.74, 6) is -1.32. The van der Waals surface area contributed by atoms with Gasteiger partial charge in [-0.05, 0) is 30.7 Å². The van der Waals surface area contributed by atoms with Crippen molar-refractivity contribution in [2.24, 2.45) is 0 Å². The zero-order valence-electron chi connectivity index (χ0n) is 7.93. The second-order valence-corrected chi connectivity index (χ2v) is 2.97. The molecule has 0 aliphatic heterocycles. The molecule has 0 unspecified atom stereocenters. The fourth-order valence-corrected chi connectivity index (χ4v) is 1.02. The number of hydrogen-bond donors (Lipinski definition) is 1. The first-order chi connectivity index (χ1) is 6.50. The summed E-state index contributed by atoms with van der Waals surface area (Å²) in [5, 5.41) is 2.11. The van der Waals surface area contributed by atoms with Crippen molar-refractivity contribution in [3.63, 3.8) is 0 Å². The molecule has 0 aliphatic carbocycles. The van der Waals surface area contributed by atoms with E-state index in [1.54, 1.807) is 6.92 Å². The van der Waals surface area contributed by atoms with Crippen molar-refractivity contribution in [3.05, 3.63) is 35.1 Å². The molecule has 0 bridgehead atoms. The minimum absolute atomic E-state index is 0.277. The summed E-state index contributed by atoms with van der Waals surface area (Å²) in [6.45, 7) is 2.80. The predicted octanol–water partition coefficient (Wildman–Crippen LogP) is 1.41. The van der Waals surface area contributed by atoms with Crippen LogP contribution in [0.25, 0.3) is 0 Å². The van der Waals surface area contributed by atoms with Crippen LogP contribution in [-0.2, 0) is 4.79 Å². The van der Waals surface area contributed by atoms with E-state index in [-0.39, 0.29) is 11.4 Å². The number of carbonyl (C=O) groups excluding carboxylic acids is 2. The Bertz CT molecular complexity index is 388. The predicted molar refractivity (Wildman–Crippen MR) is 49.3 cm³/mol. The molecule has 0 fully saturated rings. The molecule has 0 atom stereocenters. The van der Waals surface area contributed by atoms with Crippen molar-refractivity contribution < 1.29 is 14.0 Å². The van der Waals surface area contributed by atoms with Gasteiger partial charge in [0, 0.05) is 12.5 Å². The maximum absolute atomic E-state index is 12.8. The molecule has 3 nitrogen and oxygen atoms in total. The highest BCUT2D eigenvalue weighted by molar-refractivity contribution is 6.04. The molecule has 1 aromatic rings. The van der Waals surface area contributed by atoms with E-state index in [1.165, 1.54) is 25.1 Å². The Kier molecular flexibility index (Phi) is 2.96. The standard InChI is InChI=1S/C10H10FNO2/c1-6-5-8(3-4-9(6)11)10(14)12-7(2)13/h3-5H,1-2H3,(H,12,13,14). The highest BCUT2D eigenvalue weighted by Crippen LogP contribution is 2.08. The Balaban J connectivity index is 2.91. The van der Waals surface area contributed by atoms with Crippen LogP contribution in [-0.4, -0.2) is 11.8 Å². The quantitative estimate of drug-likeness (QED) is 0.736. The van der Waals surface area contributed by atoms with E-state index in [0.717, 1.165) is 0 Å². The summed E-state index contributed by atoms with van der Waals surface area (Å²) in [6, 6.07) is 3.93. The van der Waals surface area contributed by atoms with Crippen molar-refractivity contribution in [1.29, 1.82) is 0 Å². The van der Waals surface area contributed by atoms with Crippen LogP contribution in [0.2, 0.25) is 0 Å². The Morgan fingerprint density at radius 3 is 2.50 bits per heavy atom. The Labute approximate surface area is 80.9 Å². The lowest BCUT2D eigenvalue weighted by Crippen LogP contribution is -2.27. The second-order valence-electron chi connectivity index (χ2n) is 2.97. The third kappa shape index (κ3) is 2.39. The first-order valence-corrected chi connectivity index (χ1v) is 4.09. The highest BCUT2D eigenvalue weighted by Gasteiger charge is 2.08. The van der Waals surface area contributed by atoms with Gasteiger partial charge in [0.25, 0.3) is 5.91 Å². The third-order valence-electron chi connectivity index (χ3n) is 1.71. The van der Waals surface area contributed by atoms with E-state index in [2.05, 4.69) is 5.32 Å². The van der Waals surface area contributed by atoms with Gasteiger partial charge in [0.05, 0.1) is 0 Å². The van der Waals surface area contributed by atoms with Crippen molar-refractivity contribution >= 4 is 11.8 Å². The Morgan fingerprint density at radius 1 is 1.36 bits per heavy atom. The van der Waals surface area contributed by atoms with Gasteiger partial charge in [-0.15, -0.1) is 0 Å². The van der Waals surface area contributed by atoms with Crippen LogP contribution in [0.1, 0.15) is 22.8 Å². The van der Waals surface area contributed by atoms with Crippen molar-refractivity contribution in [2.45, 2.75) is 13.8 Å². The van der Waals surface area contributed by atoms with Gasteiger partial charge in [-0.1, -0.05) is 0 Å². The number of imide groups is 1. The SMILES string of the molecule is CC(=O)NC(=O)c1ccc(F)c(C)c1. The number of benzene rings is 1. The number of nitrogens with one attached hydrogen (secondary N) is 1. The van der Waals surface area contributed by atoms with Crippen LogP contribution in [0.5, 0.6) is 0 Å². The molecular formula is C10H10FNO2. The molecule has 0 aliphatic rings. The van der Waals surface area contributed by atoms with E-state index >= 15 is 0 Å². The highest BCUT2D eigenvalue weighted by atomic mass is 19.1. The molecule has 0 spiro atoms. The number of amides is 2. The Morgan fingerprint density at radius 2 is 2.00 bits per heavy atom. The summed E-state index contributed by atoms with van der Waals surface area (Å²) < 4.78 is 12.8. The second kappa shape index (κ2) is 4.00. The number of aryl methyl sites for hydroxylation is 1. The van der Waals surface area contributed by atoms with Crippen LogP contribution in [0.15, 0.2) is 18.2 Å². The summed E-state index contributed by atoms with van der Waals surface area (Å²) in [6.07, 6.45) is 0. The molecule has 74 valence electrons. The van der Waals surface area contributed by atoms with Gasteiger partial charge in [-0.3, -0.25) is 14.9 Å². The van der Waals surface area contributed by atoms with Crippen LogP contribution in [0.4, 0.5) is 4.39 Å². The van der Waals surface area contributed by atoms with Crippen molar-refractivity contribution in [1.82, 2.24) is 5.32 Å². The molecule has 1 rings (SSSR count). The van der Waals surface area contributed by atoms with Crippen LogP contribution in [0.3, 0.4) is 0 Å². The zero-order valence-corrected chi connectivity index (χ0v) is 7.93. The molecule has 4 heteroatoms. The van der Waals surface area contributed by atoms with Crippen LogP contribution in [0, 0.1) is 12.7 Å². The van der Waals surface area contributed by atoms with E-state index in [0.29, 0.717) is 5.56 Å². The summed E-state index contributed by atoms with van der Waals surface area (Å²) >= 11 is 0. The monoisotopic (exact) mass is 195 g/mol. The number of carbonyl (C=O) groups is 2. The Hall–Kier alpha value is -1.71. The average molecular weight is 195 g/mol. The molecular weight excluding hydrogens is 185 g/mol. The zero-order chi connectivity index (χ0) is 10.7. The molecule has 2 amide bonds. The molecule has 0 aromatic heterocycles. The fourth-order valence-electron chi connectivity index (χ4n) is 1.02. The first-order valence-electron chi connectivity index (χ1n) is 4.09. The first kappa shape index (κ1) is 10.4. The number of halogens is 1. The van der Waals surface area contributed by atoms with Crippen LogP contribution >= 0.6 is 0 Å². The smallest absolute Gasteiger partial charge is 0.257 e. The summed E-state index contributed by atoms with van der Waals surface area (Å²) in [7, 11) is 0. The molecule has 0 heterocycles. The van der Waals surface area contributed by atoms with Crippen molar-refractivity contribution in [2.75, 3.05) is 0 Å². The van der Waals surface area contributed by atoms with Gasteiger partial charge in [-0.2, -0.15) is 0 Å². The van der Waals surface area contributed by atoms with Gasteiger partial charge in [0.1, 0.15) is 5.82 Å². The van der Waals surface area contributed by atoms with Gasteiger partial charge in [-0.25, -0.2) is 4.39 Å². The van der Waals surface area contributed by atoms with E-state index in [9.17, 15) is 14.0 Å². The van der Waals surface area contributed by atoms with Gasteiger partial charge in [0.15, 0.2) is 0 Å². The summed E-state index contributed by atoms with van der Waals surface area (Å²) in [4.78, 5) is 21.8. The maximum atomic E-state index is 12.8. The van der Waals surface area contributed by atoms with E-state index < -0.39 is 11.8 Å². The maximum Gasteiger partial charge on any atom is 0.257 e. The minimum atomic E-state index is -0.513. The molecule has 0 saturated carbocycles. The van der Waals surface area contributed by atoms with Gasteiger partial charge >= 0.3 is 0 Å². The summed E-state index contributed by atoms with van der Waals surface area (Å²) in [5.41, 5.74) is 0.653. The topological polar surface area (TPSA) is 46.2 Å². The largest absolute Gasteiger partial charge is 0.293 e. The molecule has 0 radical (unpaired) electrons. The number of rotatable bonds is 1. The fraction of sp³-hybridized carbons (Fsp3) is 0.200. The minimum Gasteiger partial charge on any atom is -0.293 e. The average Bonchev–Trinajstić information content (AvgIpc) is 2.08. The lowest BCUT2D eigenvalue weighted by atomic mass is 10.1. The van der Waals surface area contributed by atoms with Gasteiger partial charge in [0.2, 0.25) is 5.91 Å². The van der Waals surface area contributed by atoms with Crippen molar-refractivity contribution in [3.8, 4) is 0 Å². The number of hydrogen-bond acceptors (Lipinski definition) is 2. The molecule has 1 N–H and O–H groups in total. The lowest BCUT2D eigenvalue weighted by Gasteiger charge is -2.02. The molecule has 0 saturated heterocycles. The van der Waals surface area contributed by atoms with Crippen LogP contribution < -0.4 is 5.32 Å². The third-order valence-corrected chi connectivity index (χ3v) is 1.71. The van der Waals surface area contributed by atoms with E-state index in [4.69, 9.17) is 0 Å². The molecule has 14 heavy (non-hydrogen) atoms. The lowest BCUT2D eigenvalue weighted by molar-refractivity contribution is -0.118.